The van der Waals surface area contributed by atoms with E-state index in [4.69, 9.17) is 9.26 Å². The van der Waals surface area contributed by atoms with Crippen LogP contribution in [0.4, 0.5) is 19.2 Å². The minimum atomic E-state index is -4.20. The lowest BCUT2D eigenvalue weighted by Gasteiger charge is -2.35. The van der Waals surface area contributed by atoms with Gasteiger partial charge in [0, 0.05) is 58.8 Å². The molecule has 3 rings (SSSR count). The van der Waals surface area contributed by atoms with E-state index in [9.17, 15) is 13.2 Å². The molecule has 7 nitrogen and oxygen atoms in total. The van der Waals surface area contributed by atoms with E-state index in [0.717, 1.165) is 65.6 Å². The molecule has 10 heteroatoms. The summed E-state index contributed by atoms with van der Waals surface area (Å²) < 4.78 is 47.2. The predicted molar refractivity (Wildman–Crippen MR) is 84.6 cm³/mol. The van der Waals surface area contributed by atoms with Crippen molar-refractivity contribution in [2.75, 3.05) is 70.5 Å². The summed E-state index contributed by atoms with van der Waals surface area (Å²) in [6.45, 7) is 8.87. The first-order valence-corrected chi connectivity index (χ1v) is 8.66. The Morgan fingerprint density at radius 1 is 0.920 bits per heavy atom. The number of halogens is 3. The summed E-state index contributed by atoms with van der Waals surface area (Å²) in [4.78, 5) is 10.8. The monoisotopic (exact) mass is 363 g/mol. The van der Waals surface area contributed by atoms with E-state index in [1.807, 2.05) is 4.90 Å². The van der Waals surface area contributed by atoms with Crippen LogP contribution in [0.25, 0.3) is 0 Å². The van der Waals surface area contributed by atoms with Crippen LogP contribution in [0, 0.1) is 0 Å². The van der Waals surface area contributed by atoms with Gasteiger partial charge in [-0.05, 0) is 0 Å². The van der Waals surface area contributed by atoms with Crippen LogP contribution in [0.1, 0.15) is 12.2 Å². The number of hydrogen-bond acceptors (Lipinski definition) is 7. The van der Waals surface area contributed by atoms with E-state index in [0.29, 0.717) is 6.01 Å². The molecular formula is C15H24F3N5O2. The molecule has 2 fully saturated rings. The summed E-state index contributed by atoms with van der Waals surface area (Å²) in [5.74, 6) is 0.113. The highest BCUT2D eigenvalue weighted by atomic mass is 19.4. The van der Waals surface area contributed by atoms with Gasteiger partial charge in [-0.2, -0.15) is 18.2 Å². The van der Waals surface area contributed by atoms with Gasteiger partial charge in [-0.1, -0.05) is 5.16 Å². The van der Waals surface area contributed by atoms with E-state index >= 15 is 0 Å². The lowest BCUT2D eigenvalue weighted by Crippen LogP contribution is -2.49. The first-order valence-electron chi connectivity index (χ1n) is 8.66. The van der Waals surface area contributed by atoms with Gasteiger partial charge < -0.3 is 14.2 Å². The molecule has 0 N–H and O–H groups in total. The third-order valence-corrected chi connectivity index (χ3v) is 4.57. The summed E-state index contributed by atoms with van der Waals surface area (Å²) in [5, 5.41) is 3.65. The SMILES string of the molecule is FC(F)(F)CCc1noc(N2CCN(CCN3CCOCC3)CC2)n1. The molecule has 0 aliphatic carbocycles. The molecule has 0 bridgehead atoms. The zero-order valence-electron chi connectivity index (χ0n) is 14.2. The van der Waals surface area contributed by atoms with Crippen LogP contribution in [-0.4, -0.2) is 91.7 Å². The number of nitrogens with zero attached hydrogens (tertiary/aromatic N) is 5. The van der Waals surface area contributed by atoms with Crippen molar-refractivity contribution >= 4 is 6.01 Å². The maximum absolute atomic E-state index is 12.2. The van der Waals surface area contributed by atoms with Crippen molar-refractivity contribution in [3.05, 3.63) is 5.82 Å². The van der Waals surface area contributed by atoms with Crippen LogP contribution in [-0.2, 0) is 11.2 Å². The largest absolute Gasteiger partial charge is 0.389 e. The van der Waals surface area contributed by atoms with Gasteiger partial charge >= 0.3 is 12.2 Å². The Bertz CT molecular complexity index is 525. The predicted octanol–water partition coefficient (Wildman–Crippen LogP) is 1.02. The molecule has 2 aliphatic rings. The summed E-state index contributed by atoms with van der Waals surface area (Å²) >= 11 is 0. The fraction of sp³-hybridized carbons (Fsp3) is 0.867. The normalized spacial score (nSPS) is 21.0. The second kappa shape index (κ2) is 8.33. The topological polar surface area (TPSA) is 57.9 Å². The van der Waals surface area contributed by atoms with Gasteiger partial charge in [0.2, 0.25) is 0 Å². The Morgan fingerprint density at radius 3 is 2.20 bits per heavy atom. The highest BCUT2D eigenvalue weighted by Crippen LogP contribution is 2.22. The van der Waals surface area contributed by atoms with Crippen LogP contribution in [0.15, 0.2) is 4.52 Å². The molecule has 0 amide bonds. The van der Waals surface area contributed by atoms with Crippen molar-refractivity contribution in [2.45, 2.75) is 19.0 Å². The molecule has 0 aromatic carbocycles. The Kier molecular flexibility index (Phi) is 6.13. The first kappa shape index (κ1) is 18.4. The maximum Gasteiger partial charge on any atom is 0.389 e. The van der Waals surface area contributed by atoms with E-state index < -0.39 is 12.6 Å². The average molecular weight is 363 g/mol. The minimum absolute atomic E-state index is 0.113. The van der Waals surface area contributed by atoms with Crippen molar-refractivity contribution in [1.29, 1.82) is 0 Å². The van der Waals surface area contributed by atoms with Crippen molar-refractivity contribution in [2.24, 2.45) is 0 Å². The number of aromatic nitrogens is 2. The zero-order chi connectivity index (χ0) is 17.7. The first-order chi connectivity index (χ1) is 12.0. The van der Waals surface area contributed by atoms with Gasteiger partial charge in [0.05, 0.1) is 19.6 Å². The molecule has 1 aromatic rings. The van der Waals surface area contributed by atoms with Crippen molar-refractivity contribution in [3.63, 3.8) is 0 Å². The summed E-state index contributed by atoms with van der Waals surface area (Å²) in [6, 6.07) is 0.324. The lowest BCUT2D eigenvalue weighted by molar-refractivity contribution is -0.134. The van der Waals surface area contributed by atoms with Gasteiger partial charge in [-0.3, -0.25) is 9.80 Å². The summed E-state index contributed by atoms with van der Waals surface area (Å²) in [5.41, 5.74) is 0. The summed E-state index contributed by atoms with van der Waals surface area (Å²) in [7, 11) is 0. The van der Waals surface area contributed by atoms with Crippen LogP contribution in [0.5, 0.6) is 0 Å². The minimum Gasteiger partial charge on any atom is -0.379 e. The molecule has 3 heterocycles. The standard InChI is InChI=1S/C15H24F3N5O2/c16-15(17,18)2-1-13-19-14(25-20-13)23-7-5-21(6-8-23)3-4-22-9-11-24-12-10-22/h1-12H2. The molecule has 0 atom stereocenters. The van der Waals surface area contributed by atoms with Gasteiger partial charge in [-0.25, -0.2) is 0 Å². The Labute approximate surface area is 144 Å². The number of morpholine rings is 1. The van der Waals surface area contributed by atoms with E-state index in [2.05, 4.69) is 19.9 Å². The number of alkyl halides is 3. The quantitative estimate of drug-likeness (QED) is 0.748. The number of ether oxygens (including phenoxy) is 1. The highest BCUT2D eigenvalue weighted by molar-refractivity contribution is 5.26. The molecule has 2 saturated heterocycles. The molecule has 2 aliphatic heterocycles. The lowest BCUT2D eigenvalue weighted by atomic mass is 10.3. The Morgan fingerprint density at radius 2 is 1.56 bits per heavy atom. The van der Waals surface area contributed by atoms with Crippen molar-refractivity contribution in [1.82, 2.24) is 19.9 Å². The fourth-order valence-electron chi connectivity index (χ4n) is 3.00. The van der Waals surface area contributed by atoms with Crippen molar-refractivity contribution < 1.29 is 22.4 Å². The fourth-order valence-corrected chi connectivity index (χ4v) is 3.00. The molecule has 0 saturated carbocycles. The molecule has 142 valence electrons. The van der Waals surface area contributed by atoms with Crippen LogP contribution < -0.4 is 4.90 Å². The third kappa shape index (κ3) is 5.82. The van der Waals surface area contributed by atoms with Gasteiger partial charge in [-0.15, -0.1) is 0 Å². The molecule has 25 heavy (non-hydrogen) atoms. The summed E-state index contributed by atoms with van der Waals surface area (Å²) in [6.07, 6.45) is -5.37. The van der Waals surface area contributed by atoms with E-state index in [1.54, 1.807) is 0 Å². The zero-order valence-corrected chi connectivity index (χ0v) is 14.2. The number of hydrogen-bond donors (Lipinski definition) is 0. The van der Waals surface area contributed by atoms with Crippen LogP contribution >= 0.6 is 0 Å². The molecule has 0 unspecified atom stereocenters. The smallest absolute Gasteiger partial charge is 0.379 e. The van der Waals surface area contributed by atoms with Crippen LogP contribution in [0.3, 0.4) is 0 Å². The maximum atomic E-state index is 12.2. The van der Waals surface area contributed by atoms with Gasteiger partial charge in [0.25, 0.3) is 0 Å². The van der Waals surface area contributed by atoms with Gasteiger partial charge in [0.1, 0.15) is 0 Å². The molecular weight excluding hydrogens is 339 g/mol. The Hall–Kier alpha value is -1.39. The number of piperazine rings is 1. The molecule has 0 radical (unpaired) electrons. The second-order valence-electron chi connectivity index (χ2n) is 6.39. The van der Waals surface area contributed by atoms with E-state index in [1.165, 1.54) is 0 Å². The van der Waals surface area contributed by atoms with Crippen molar-refractivity contribution in [3.8, 4) is 0 Å². The number of rotatable bonds is 6. The second-order valence-corrected chi connectivity index (χ2v) is 6.39. The molecule has 0 spiro atoms. The average Bonchev–Trinajstić information content (AvgIpc) is 3.08. The third-order valence-electron chi connectivity index (χ3n) is 4.57. The Balaban J connectivity index is 1.39. The number of aryl methyl sites for hydroxylation is 1. The molecule has 1 aromatic heterocycles. The highest BCUT2D eigenvalue weighted by Gasteiger charge is 2.28. The van der Waals surface area contributed by atoms with Crippen LogP contribution in [0.2, 0.25) is 0 Å². The van der Waals surface area contributed by atoms with Gasteiger partial charge in [0.15, 0.2) is 5.82 Å². The van der Waals surface area contributed by atoms with E-state index in [-0.39, 0.29) is 12.2 Å². The number of anilines is 1.